The molecule has 2 rings (SSSR count). The van der Waals surface area contributed by atoms with Crippen molar-refractivity contribution in [3.63, 3.8) is 0 Å². The Bertz CT molecular complexity index is 585. The molecule has 6 heteroatoms. The molecule has 0 bridgehead atoms. The maximum Gasteiger partial charge on any atom is 0.275 e. The van der Waals surface area contributed by atoms with Crippen LogP contribution in [0, 0.1) is 10.1 Å². The molecule has 1 N–H and O–H groups in total. The molecule has 112 valence electrons. The number of rotatable bonds is 8. The zero-order valence-electron chi connectivity index (χ0n) is 11.9. The second-order valence-electron chi connectivity index (χ2n) is 4.58. The standard InChI is InChI=1S/C15H18N2O3S/c1-2-6-16-12-9-13(17(18)19)11-14(10-12)20-7-5-15-4-3-8-21-15/h3-4,8-11,16H,2,5-7H2,1H3. The third kappa shape index (κ3) is 4.75. The van der Waals surface area contributed by atoms with Crippen LogP contribution in [0.1, 0.15) is 18.2 Å². The van der Waals surface area contributed by atoms with Gasteiger partial charge in [0, 0.05) is 35.7 Å². The average Bonchev–Trinajstić information content (AvgIpc) is 2.98. The lowest BCUT2D eigenvalue weighted by molar-refractivity contribution is -0.384. The van der Waals surface area contributed by atoms with Crippen molar-refractivity contribution in [1.82, 2.24) is 0 Å². The molecule has 0 saturated carbocycles. The van der Waals surface area contributed by atoms with Gasteiger partial charge in [-0.2, -0.15) is 0 Å². The van der Waals surface area contributed by atoms with E-state index >= 15 is 0 Å². The Morgan fingerprint density at radius 1 is 1.38 bits per heavy atom. The van der Waals surface area contributed by atoms with E-state index in [1.165, 1.54) is 17.0 Å². The minimum atomic E-state index is -0.400. The predicted octanol–water partition coefficient (Wildman–Crippen LogP) is 4.10. The normalized spacial score (nSPS) is 10.3. The van der Waals surface area contributed by atoms with Crippen molar-refractivity contribution in [3.05, 3.63) is 50.7 Å². The second kappa shape index (κ2) is 7.64. The van der Waals surface area contributed by atoms with Gasteiger partial charge in [-0.15, -0.1) is 11.3 Å². The summed E-state index contributed by atoms with van der Waals surface area (Å²) in [5.41, 5.74) is 0.763. The number of hydrogen-bond donors (Lipinski definition) is 1. The molecule has 1 heterocycles. The third-order valence-corrected chi connectivity index (χ3v) is 3.81. The fourth-order valence-corrected chi connectivity index (χ4v) is 2.56. The van der Waals surface area contributed by atoms with Crippen molar-refractivity contribution in [2.24, 2.45) is 0 Å². The van der Waals surface area contributed by atoms with Crippen molar-refractivity contribution in [3.8, 4) is 5.75 Å². The highest BCUT2D eigenvalue weighted by Crippen LogP contribution is 2.26. The van der Waals surface area contributed by atoms with E-state index in [1.54, 1.807) is 17.4 Å². The van der Waals surface area contributed by atoms with Crippen molar-refractivity contribution in [2.75, 3.05) is 18.5 Å². The van der Waals surface area contributed by atoms with E-state index in [2.05, 4.69) is 11.4 Å². The molecular formula is C15H18N2O3S. The molecule has 0 atom stereocenters. The number of nitrogens with one attached hydrogen (secondary N) is 1. The topological polar surface area (TPSA) is 64.4 Å². The summed E-state index contributed by atoms with van der Waals surface area (Å²) in [6.45, 7) is 3.33. The Morgan fingerprint density at radius 3 is 2.90 bits per heavy atom. The molecular weight excluding hydrogens is 288 g/mol. The van der Waals surface area contributed by atoms with Crippen molar-refractivity contribution >= 4 is 22.7 Å². The SMILES string of the molecule is CCCNc1cc(OCCc2cccs2)cc([N+](=O)[O-])c1. The summed E-state index contributed by atoms with van der Waals surface area (Å²) in [6, 6.07) is 8.85. The van der Waals surface area contributed by atoms with Crippen LogP contribution in [0.2, 0.25) is 0 Å². The van der Waals surface area contributed by atoms with Crippen LogP contribution in [0.5, 0.6) is 5.75 Å². The van der Waals surface area contributed by atoms with Crippen LogP contribution in [-0.4, -0.2) is 18.1 Å². The van der Waals surface area contributed by atoms with Gasteiger partial charge in [0.2, 0.25) is 0 Å². The van der Waals surface area contributed by atoms with Crippen LogP contribution in [0.4, 0.5) is 11.4 Å². The zero-order valence-corrected chi connectivity index (χ0v) is 12.7. The Balaban J connectivity index is 2.02. The zero-order chi connectivity index (χ0) is 15.1. The highest BCUT2D eigenvalue weighted by Gasteiger charge is 2.10. The Labute approximate surface area is 127 Å². The van der Waals surface area contributed by atoms with Crippen LogP contribution < -0.4 is 10.1 Å². The largest absolute Gasteiger partial charge is 0.493 e. The van der Waals surface area contributed by atoms with Gasteiger partial charge in [-0.25, -0.2) is 0 Å². The first-order valence-electron chi connectivity index (χ1n) is 6.87. The van der Waals surface area contributed by atoms with Gasteiger partial charge in [-0.3, -0.25) is 10.1 Å². The van der Waals surface area contributed by atoms with Crippen molar-refractivity contribution in [1.29, 1.82) is 0 Å². The van der Waals surface area contributed by atoms with Gasteiger partial charge in [0.1, 0.15) is 5.75 Å². The van der Waals surface area contributed by atoms with Crippen LogP contribution in [0.15, 0.2) is 35.7 Å². The van der Waals surface area contributed by atoms with Crippen molar-refractivity contribution < 1.29 is 9.66 Å². The van der Waals surface area contributed by atoms with E-state index in [-0.39, 0.29) is 5.69 Å². The van der Waals surface area contributed by atoms with Gasteiger partial charge in [-0.05, 0) is 17.9 Å². The monoisotopic (exact) mass is 306 g/mol. The lowest BCUT2D eigenvalue weighted by Crippen LogP contribution is -2.03. The number of nitro groups is 1. The molecule has 21 heavy (non-hydrogen) atoms. The summed E-state index contributed by atoms with van der Waals surface area (Å²) in [5.74, 6) is 0.527. The molecule has 0 spiro atoms. The first-order valence-corrected chi connectivity index (χ1v) is 7.75. The van der Waals surface area contributed by atoms with E-state index in [0.29, 0.717) is 12.4 Å². The number of benzene rings is 1. The van der Waals surface area contributed by atoms with E-state index in [0.717, 1.165) is 25.1 Å². The molecule has 2 aromatic rings. The Hall–Kier alpha value is -2.08. The molecule has 1 aromatic carbocycles. The van der Waals surface area contributed by atoms with Gasteiger partial charge in [-0.1, -0.05) is 13.0 Å². The lowest BCUT2D eigenvalue weighted by Gasteiger charge is -2.09. The fourth-order valence-electron chi connectivity index (χ4n) is 1.87. The minimum Gasteiger partial charge on any atom is -0.493 e. The quantitative estimate of drug-likeness (QED) is 0.589. The first-order chi connectivity index (χ1) is 10.2. The van der Waals surface area contributed by atoms with Crippen molar-refractivity contribution in [2.45, 2.75) is 19.8 Å². The van der Waals surface area contributed by atoms with Gasteiger partial charge in [0.25, 0.3) is 5.69 Å². The molecule has 1 aromatic heterocycles. The number of thiophene rings is 1. The number of nitrogens with zero attached hydrogens (tertiary/aromatic N) is 1. The van der Waals surface area contributed by atoms with E-state index in [1.807, 2.05) is 18.4 Å². The van der Waals surface area contributed by atoms with Crippen LogP contribution in [-0.2, 0) is 6.42 Å². The molecule has 0 aliphatic heterocycles. The molecule has 0 unspecified atom stereocenters. The maximum atomic E-state index is 11.0. The van der Waals surface area contributed by atoms with E-state index in [4.69, 9.17) is 4.74 Å². The van der Waals surface area contributed by atoms with Gasteiger partial charge >= 0.3 is 0 Å². The smallest absolute Gasteiger partial charge is 0.275 e. The lowest BCUT2D eigenvalue weighted by atomic mass is 10.2. The first kappa shape index (κ1) is 15.3. The van der Waals surface area contributed by atoms with Crippen LogP contribution in [0.25, 0.3) is 0 Å². The molecule has 0 amide bonds. The van der Waals surface area contributed by atoms with E-state index in [9.17, 15) is 10.1 Å². The second-order valence-corrected chi connectivity index (χ2v) is 5.61. The minimum absolute atomic E-state index is 0.0437. The van der Waals surface area contributed by atoms with E-state index < -0.39 is 4.92 Å². The van der Waals surface area contributed by atoms with Crippen LogP contribution in [0.3, 0.4) is 0 Å². The summed E-state index contributed by atoms with van der Waals surface area (Å²) in [5, 5.41) is 16.1. The predicted molar refractivity (Wildman–Crippen MR) is 85.4 cm³/mol. The average molecular weight is 306 g/mol. The Kier molecular flexibility index (Phi) is 5.57. The molecule has 5 nitrogen and oxygen atoms in total. The maximum absolute atomic E-state index is 11.0. The molecule has 0 aliphatic carbocycles. The number of non-ortho nitro benzene ring substituents is 1. The fraction of sp³-hybridized carbons (Fsp3) is 0.333. The number of nitro benzene ring substituents is 1. The molecule has 0 fully saturated rings. The summed E-state index contributed by atoms with van der Waals surface area (Å²) in [4.78, 5) is 11.8. The highest BCUT2D eigenvalue weighted by atomic mass is 32.1. The summed E-state index contributed by atoms with van der Waals surface area (Å²) >= 11 is 1.68. The number of anilines is 1. The molecule has 0 radical (unpaired) electrons. The molecule has 0 aliphatic rings. The summed E-state index contributed by atoms with van der Waals surface area (Å²) in [6.07, 6.45) is 1.76. The summed E-state index contributed by atoms with van der Waals surface area (Å²) < 4.78 is 5.65. The van der Waals surface area contributed by atoms with Gasteiger partial charge in [0.15, 0.2) is 0 Å². The third-order valence-electron chi connectivity index (χ3n) is 2.88. The van der Waals surface area contributed by atoms with Crippen LogP contribution >= 0.6 is 11.3 Å². The summed E-state index contributed by atoms with van der Waals surface area (Å²) in [7, 11) is 0. The highest BCUT2D eigenvalue weighted by molar-refractivity contribution is 7.09. The number of hydrogen-bond acceptors (Lipinski definition) is 5. The number of ether oxygens (including phenoxy) is 1. The Morgan fingerprint density at radius 2 is 2.24 bits per heavy atom. The van der Waals surface area contributed by atoms with Gasteiger partial charge in [0.05, 0.1) is 17.6 Å². The molecule has 0 saturated heterocycles. The van der Waals surface area contributed by atoms with Gasteiger partial charge < -0.3 is 10.1 Å².